The van der Waals surface area contributed by atoms with Gasteiger partial charge >= 0.3 is 5.97 Å². The summed E-state index contributed by atoms with van der Waals surface area (Å²) in [5.74, 6) is -24.1. The van der Waals surface area contributed by atoms with Crippen molar-refractivity contribution in [2.45, 2.75) is 41.3 Å². The lowest BCUT2D eigenvalue weighted by Crippen LogP contribution is -2.60. The highest BCUT2D eigenvalue weighted by Gasteiger charge is 2.77. The summed E-state index contributed by atoms with van der Waals surface area (Å²) < 4.78 is 72.7. The van der Waals surface area contributed by atoms with Crippen LogP contribution in [0.2, 0.25) is 5.02 Å². The topological polar surface area (TPSA) is 132 Å². The van der Waals surface area contributed by atoms with Gasteiger partial charge in [0, 0.05) is 29.5 Å². The van der Waals surface area contributed by atoms with Crippen LogP contribution < -0.4 is 4.90 Å². The number of rotatable bonds is 6. The lowest BCUT2D eigenvalue weighted by atomic mass is 9.56. The van der Waals surface area contributed by atoms with Crippen LogP contribution >= 0.6 is 34.8 Å². The summed E-state index contributed by atoms with van der Waals surface area (Å²) in [7, 11) is 0. The summed E-state index contributed by atoms with van der Waals surface area (Å²) in [4.78, 5) is 61.4. The molecule has 1 saturated carbocycles. The van der Waals surface area contributed by atoms with Crippen molar-refractivity contribution in [2.24, 2.45) is 17.8 Å². The predicted octanol–water partition coefficient (Wildman–Crippen LogP) is 5.17. The standard InChI is InChI=1S/C30H20Cl3F5N2O7/c31-10-3-6-15(41)13(8-10)18-11-4-5-12-17(26(45)39(25(12)44)7-1-2-16(42)43)14(11)9-29(32)27(46)40(28(47)30(18,29)33)24-22(37)20(35)19(34)21(36)23(24)38/h3-4,6,8,12,14,17-18,41H,1-2,5,7,9H2,(H,42,43). The Labute approximate surface area is 276 Å². The average molecular weight is 722 g/mol. The van der Waals surface area contributed by atoms with Gasteiger partial charge in [0.05, 0.1) is 11.8 Å². The Kier molecular flexibility index (Phi) is 7.88. The first-order valence-corrected chi connectivity index (χ1v) is 15.2. The SMILES string of the molecule is O=C(O)CCCN1C(=O)C2CC=C3C(CC4(Cl)C(=O)N(c5c(F)c(F)c(F)c(F)c5F)C(=O)C4(Cl)C3c3cc(Cl)ccc3O)C2C1=O. The number of likely N-dealkylation sites (tertiary alicyclic amines) is 1. The summed E-state index contributed by atoms with van der Waals surface area (Å²) in [5, 5.41) is 19.9. The van der Waals surface area contributed by atoms with Gasteiger partial charge in [-0.05, 0) is 43.4 Å². The molecule has 6 unspecified atom stereocenters. The van der Waals surface area contributed by atoms with Gasteiger partial charge in [0.1, 0.15) is 11.4 Å². The predicted molar refractivity (Wildman–Crippen MR) is 153 cm³/mol. The number of anilines is 1. The number of fused-ring (bicyclic) bond motifs is 4. The Morgan fingerprint density at radius 2 is 1.53 bits per heavy atom. The molecule has 9 nitrogen and oxygen atoms in total. The Hall–Kier alpha value is -3.75. The molecule has 2 aliphatic carbocycles. The number of phenols is 1. The summed E-state index contributed by atoms with van der Waals surface area (Å²) >= 11 is 20.2. The van der Waals surface area contributed by atoms with Gasteiger partial charge in [-0.1, -0.05) is 23.3 Å². The van der Waals surface area contributed by atoms with Crippen LogP contribution in [-0.4, -0.2) is 61.0 Å². The van der Waals surface area contributed by atoms with Crippen LogP contribution in [0.3, 0.4) is 0 Å². The highest BCUT2D eigenvalue weighted by Crippen LogP contribution is 2.66. The normalized spacial score (nSPS) is 30.0. The summed E-state index contributed by atoms with van der Waals surface area (Å²) in [6.07, 6.45) is 0.215. The van der Waals surface area contributed by atoms with Gasteiger partial charge in [-0.15, -0.1) is 23.2 Å². The molecule has 0 bridgehead atoms. The number of alkyl halides is 2. The number of benzene rings is 2. The van der Waals surface area contributed by atoms with Gasteiger partial charge in [-0.2, -0.15) is 0 Å². The zero-order valence-electron chi connectivity index (χ0n) is 23.5. The molecule has 2 aromatic carbocycles. The number of amides is 4. The average Bonchev–Trinajstić information content (AvgIpc) is 3.34. The fraction of sp³-hybridized carbons (Fsp3) is 0.367. The van der Waals surface area contributed by atoms with Gasteiger partial charge in [-0.3, -0.25) is 28.9 Å². The number of aromatic hydroxyl groups is 1. The summed E-state index contributed by atoms with van der Waals surface area (Å²) in [6, 6.07) is 3.54. The Morgan fingerprint density at radius 1 is 0.915 bits per heavy atom. The third-order valence-corrected chi connectivity index (χ3v) is 11.0. The van der Waals surface area contributed by atoms with Gasteiger partial charge in [0.25, 0.3) is 11.8 Å². The van der Waals surface area contributed by atoms with E-state index >= 15 is 8.78 Å². The first-order chi connectivity index (χ1) is 22.0. The van der Waals surface area contributed by atoms with Gasteiger partial charge in [-0.25, -0.2) is 26.9 Å². The second kappa shape index (κ2) is 11.2. The number of allylic oxidation sites excluding steroid dienone is 2. The lowest BCUT2D eigenvalue weighted by molar-refractivity contribution is -0.142. The number of nitrogens with zero attached hydrogens (tertiary/aromatic N) is 2. The third kappa shape index (κ3) is 4.43. The smallest absolute Gasteiger partial charge is 0.303 e. The molecule has 2 aromatic rings. The van der Waals surface area contributed by atoms with Crippen molar-refractivity contribution >= 4 is 70.1 Å². The van der Waals surface area contributed by atoms with Crippen LogP contribution in [0.25, 0.3) is 0 Å². The van der Waals surface area contributed by atoms with E-state index in [1.807, 2.05) is 0 Å². The molecule has 6 atom stereocenters. The van der Waals surface area contributed by atoms with Crippen LogP contribution in [0.5, 0.6) is 5.75 Å². The quantitative estimate of drug-likeness (QED) is 0.105. The van der Waals surface area contributed by atoms with Crippen molar-refractivity contribution in [2.75, 3.05) is 11.4 Å². The number of carbonyl (C=O) groups is 5. The van der Waals surface area contributed by atoms with Crippen LogP contribution in [0, 0.1) is 46.8 Å². The molecule has 2 aliphatic heterocycles. The van der Waals surface area contributed by atoms with Crippen molar-refractivity contribution in [3.63, 3.8) is 0 Å². The number of halogens is 8. The molecule has 17 heteroatoms. The Bertz CT molecular complexity index is 1830. The van der Waals surface area contributed by atoms with E-state index in [0.29, 0.717) is 0 Å². The van der Waals surface area contributed by atoms with Crippen molar-refractivity contribution in [3.8, 4) is 5.75 Å². The minimum Gasteiger partial charge on any atom is -0.508 e. The second-order valence-corrected chi connectivity index (χ2v) is 13.4. The second-order valence-electron chi connectivity index (χ2n) is 11.7. The van der Waals surface area contributed by atoms with Crippen LogP contribution in [0.4, 0.5) is 27.6 Å². The molecule has 2 heterocycles. The molecule has 47 heavy (non-hydrogen) atoms. The van der Waals surface area contributed by atoms with Crippen molar-refractivity contribution in [3.05, 3.63) is 69.5 Å². The summed E-state index contributed by atoms with van der Waals surface area (Å²) in [6.45, 7) is -0.242. The molecule has 4 aliphatic rings. The molecule has 2 N–H and O–H groups in total. The van der Waals surface area contributed by atoms with Crippen LogP contribution in [-0.2, 0) is 24.0 Å². The highest BCUT2D eigenvalue weighted by atomic mass is 35.5. The van der Waals surface area contributed by atoms with Crippen molar-refractivity contribution < 1.29 is 56.1 Å². The fourth-order valence-electron chi connectivity index (χ4n) is 7.34. The molecular weight excluding hydrogens is 702 g/mol. The van der Waals surface area contributed by atoms with Gasteiger partial charge in [0.2, 0.25) is 17.6 Å². The molecule has 2 saturated heterocycles. The number of hydrogen-bond donors (Lipinski definition) is 2. The maximum absolute atomic E-state index is 15.1. The molecule has 3 fully saturated rings. The van der Waals surface area contributed by atoms with Crippen LogP contribution in [0.15, 0.2) is 29.8 Å². The molecule has 6 rings (SSSR count). The molecule has 0 aromatic heterocycles. The van der Waals surface area contributed by atoms with E-state index in [4.69, 9.17) is 39.9 Å². The maximum atomic E-state index is 15.1. The van der Waals surface area contributed by atoms with Crippen molar-refractivity contribution in [1.29, 1.82) is 0 Å². The van der Waals surface area contributed by atoms with E-state index in [2.05, 4.69) is 0 Å². The van der Waals surface area contributed by atoms with E-state index in [0.717, 1.165) is 17.0 Å². The van der Waals surface area contributed by atoms with Gasteiger partial charge in [0.15, 0.2) is 33.0 Å². The molecule has 0 spiro atoms. The number of carboxylic acid groups (broad SMARTS) is 1. The van der Waals surface area contributed by atoms with E-state index in [1.54, 1.807) is 0 Å². The Balaban J connectivity index is 1.55. The first-order valence-electron chi connectivity index (χ1n) is 14.0. The minimum absolute atomic E-state index is 0.0141. The highest BCUT2D eigenvalue weighted by molar-refractivity contribution is 6.58. The van der Waals surface area contributed by atoms with Crippen molar-refractivity contribution in [1.82, 2.24) is 4.90 Å². The van der Waals surface area contributed by atoms with E-state index in [9.17, 15) is 42.3 Å². The third-order valence-electron chi connectivity index (χ3n) is 9.39. The van der Waals surface area contributed by atoms with E-state index < -0.39 is 110 Å². The minimum atomic E-state index is -2.81. The molecular formula is C30H20Cl3F5N2O7. The van der Waals surface area contributed by atoms with Gasteiger partial charge < -0.3 is 10.2 Å². The lowest BCUT2D eigenvalue weighted by Gasteiger charge is -2.50. The number of carbonyl (C=O) groups excluding carboxylic acids is 4. The van der Waals surface area contributed by atoms with E-state index in [-0.39, 0.29) is 46.9 Å². The maximum Gasteiger partial charge on any atom is 0.303 e. The fourth-order valence-corrected chi connectivity index (χ4v) is 8.45. The molecule has 0 radical (unpaired) electrons. The molecule has 4 amide bonds. The number of imide groups is 2. The van der Waals surface area contributed by atoms with E-state index in [1.165, 1.54) is 12.1 Å². The number of aliphatic carboxylic acids is 1. The first kappa shape index (κ1) is 33.2. The summed E-state index contributed by atoms with van der Waals surface area (Å²) in [5.41, 5.74) is -2.02. The van der Waals surface area contributed by atoms with Crippen LogP contribution in [0.1, 0.15) is 37.2 Å². The monoisotopic (exact) mass is 720 g/mol. The molecule has 248 valence electrons. The number of carboxylic acids is 1. The largest absolute Gasteiger partial charge is 0.508 e. The number of phenolic OH excluding ortho intramolecular Hbond substituents is 1. The zero-order chi connectivity index (χ0) is 34.5. The number of hydrogen-bond acceptors (Lipinski definition) is 6. The Morgan fingerprint density at radius 3 is 2.15 bits per heavy atom. The zero-order valence-corrected chi connectivity index (χ0v) is 25.8.